The normalized spacial score (nSPS) is 11.0. The van der Waals surface area contributed by atoms with Crippen molar-refractivity contribution in [2.75, 3.05) is 0 Å². The maximum atomic E-state index is 5.15. The maximum absolute atomic E-state index is 5.15. The van der Waals surface area contributed by atoms with Crippen molar-refractivity contribution in [2.24, 2.45) is 0 Å². The Labute approximate surface area is 380 Å². The smallest absolute Gasteiger partial charge is 0.161 e. The second kappa shape index (κ2) is 17.8. The predicted molar refractivity (Wildman–Crippen MR) is 259 cm³/mol. The molecule has 0 saturated heterocycles. The summed E-state index contributed by atoms with van der Waals surface area (Å²) in [4.78, 5) is 47.0. The van der Waals surface area contributed by atoms with Crippen LogP contribution in [0.15, 0.2) is 220 Å². The standard InChI is InChI=1S/C56H36N10/c1-7-39(31-57-17-1)45-23-46(40-8-2-18-58-32-40)26-49(25-45)53-29-51(63-55(65-53)43-11-5-21-61-35-43)37-13-15-38(16-14-37)52-30-54(66-56(64-52)44-12-6-22-62-36-44)50-27-47(41-9-3-19-59-33-41)24-48(28-50)42-10-4-20-60-34-42/h1-36H. The number of nitrogens with zero attached hydrogens (tertiary/aromatic N) is 10. The first-order chi connectivity index (χ1) is 32.7. The van der Waals surface area contributed by atoms with Gasteiger partial charge in [-0.15, -0.1) is 0 Å². The Kier molecular flexibility index (Phi) is 10.7. The molecule has 10 heteroatoms. The fourth-order valence-corrected chi connectivity index (χ4v) is 7.90. The Morgan fingerprint density at radius 1 is 0.197 bits per heavy atom. The van der Waals surface area contributed by atoms with Crippen LogP contribution in [0.2, 0.25) is 0 Å². The largest absolute Gasteiger partial charge is 0.264 e. The van der Waals surface area contributed by atoms with Gasteiger partial charge in [0.25, 0.3) is 0 Å². The van der Waals surface area contributed by atoms with Crippen molar-refractivity contribution in [1.82, 2.24) is 49.8 Å². The van der Waals surface area contributed by atoms with Crippen LogP contribution < -0.4 is 0 Å². The van der Waals surface area contributed by atoms with E-state index in [1.165, 1.54) is 0 Å². The van der Waals surface area contributed by atoms with Crippen LogP contribution in [0.1, 0.15) is 0 Å². The van der Waals surface area contributed by atoms with E-state index < -0.39 is 0 Å². The summed E-state index contributed by atoms with van der Waals surface area (Å²) in [7, 11) is 0. The average Bonchev–Trinajstić information content (AvgIpc) is 3.42. The summed E-state index contributed by atoms with van der Waals surface area (Å²) in [6, 6.07) is 49.1. The van der Waals surface area contributed by atoms with Crippen molar-refractivity contribution in [2.45, 2.75) is 0 Å². The molecule has 11 rings (SSSR count). The molecule has 0 saturated carbocycles. The van der Waals surface area contributed by atoms with E-state index in [0.29, 0.717) is 11.6 Å². The molecular weight excluding hydrogens is 813 g/mol. The zero-order valence-corrected chi connectivity index (χ0v) is 35.3. The third-order valence-corrected chi connectivity index (χ3v) is 11.2. The van der Waals surface area contributed by atoms with Crippen LogP contribution in [0.25, 0.3) is 112 Å². The molecule has 0 aliphatic carbocycles. The molecule has 0 aliphatic heterocycles. The van der Waals surface area contributed by atoms with Crippen LogP contribution in [0.4, 0.5) is 0 Å². The summed E-state index contributed by atoms with van der Waals surface area (Å²) in [6.07, 6.45) is 21.7. The van der Waals surface area contributed by atoms with Gasteiger partial charge in [-0.1, -0.05) is 48.5 Å². The van der Waals surface area contributed by atoms with Crippen molar-refractivity contribution in [3.63, 3.8) is 0 Å². The van der Waals surface area contributed by atoms with E-state index in [0.717, 1.165) is 101 Å². The van der Waals surface area contributed by atoms with Crippen LogP contribution in [0, 0.1) is 0 Å². The molecule has 0 spiro atoms. The van der Waals surface area contributed by atoms with E-state index >= 15 is 0 Å². The molecule has 0 radical (unpaired) electrons. The molecule has 0 aliphatic rings. The molecule has 0 fully saturated rings. The van der Waals surface area contributed by atoms with E-state index in [1.54, 1.807) is 49.6 Å². The number of pyridine rings is 6. The highest BCUT2D eigenvalue weighted by Gasteiger charge is 2.17. The number of benzene rings is 3. The minimum Gasteiger partial charge on any atom is -0.264 e. The molecule has 0 N–H and O–H groups in total. The first-order valence-corrected chi connectivity index (χ1v) is 21.3. The van der Waals surface area contributed by atoms with Crippen LogP contribution in [-0.2, 0) is 0 Å². The van der Waals surface area contributed by atoms with Gasteiger partial charge >= 0.3 is 0 Å². The molecule has 11 aromatic rings. The van der Waals surface area contributed by atoms with E-state index in [9.17, 15) is 0 Å². The zero-order valence-electron chi connectivity index (χ0n) is 35.3. The fraction of sp³-hybridized carbons (Fsp3) is 0. The molecule has 0 amide bonds. The quantitative estimate of drug-likeness (QED) is 0.131. The Hall–Kier alpha value is -9.28. The average molecular weight is 849 g/mol. The number of hydrogen-bond donors (Lipinski definition) is 0. The van der Waals surface area contributed by atoms with Crippen LogP contribution in [0.3, 0.4) is 0 Å². The van der Waals surface area contributed by atoms with Gasteiger partial charge in [0, 0.05) is 130 Å². The van der Waals surface area contributed by atoms with Gasteiger partial charge in [-0.3, -0.25) is 29.9 Å². The number of aromatic nitrogens is 10. The lowest BCUT2D eigenvalue weighted by Crippen LogP contribution is -1.98. The highest BCUT2D eigenvalue weighted by molar-refractivity contribution is 5.84. The highest BCUT2D eigenvalue weighted by Crippen LogP contribution is 2.37. The van der Waals surface area contributed by atoms with Crippen molar-refractivity contribution in [1.29, 1.82) is 0 Å². The van der Waals surface area contributed by atoms with Crippen molar-refractivity contribution < 1.29 is 0 Å². The fourth-order valence-electron chi connectivity index (χ4n) is 7.90. The van der Waals surface area contributed by atoms with Gasteiger partial charge in [-0.2, -0.15) is 0 Å². The lowest BCUT2D eigenvalue weighted by molar-refractivity contribution is 1.17. The summed E-state index contributed by atoms with van der Waals surface area (Å²) in [5.74, 6) is 1.13. The summed E-state index contributed by atoms with van der Waals surface area (Å²) >= 11 is 0. The third kappa shape index (κ3) is 8.45. The zero-order chi connectivity index (χ0) is 44.1. The van der Waals surface area contributed by atoms with Gasteiger partial charge in [0.15, 0.2) is 11.6 Å². The molecule has 66 heavy (non-hydrogen) atoms. The Bertz CT molecular complexity index is 3090. The number of hydrogen-bond acceptors (Lipinski definition) is 10. The Balaban J connectivity index is 1.03. The lowest BCUT2D eigenvalue weighted by atomic mass is 9.95. The van der Waals surface area contributed by atoms with Gasteiger partial charge < -0.3 is 0 Å². The maximum Gasteiger partial charge on any atom is 0.161 e. The molecule has 8 aromatic heterocycles. The van der Waals surface area contributed by atoms with Crippen molar-refractivity contribution in [3.05, 3.63) is 220 Å². The number of rotatable bonds is 10. The third-order valence-electron chi connectivity index (χ3n) is 11.2. The molecule has 310 valence electrons. The van der Waals surface area contributed by atoms with Crippen molar-refractivity contribution >= 4 is 0 Å². The first-order valence-electron chi connectivity index (χ1n) is 21.3. The SMILES string of the molecule is c1cncc(-c2cc(-c3cccnc3)cc(-c3cc(-c4ccc(-c5cc(-c6cc(-c7cccnc7)cc(-c7cccnc7)c6)nc(-c6cccnc6)n5)cc4)nc(-c4cccnc4)n3)c2)c1. The van der Waals surface area contributed by atoms with E-state index in [2.05, 4.69) is 115 Å². The summed E-state index contributed by atoms with van der Waals surface area (Å²) in [5, 5.41) is 0. The molecule has 3 aromatic carbocycles. The molecule has 10 nitrogen and oxygen atoms in total. The lowest BCUT2D eigenvalue weighted by Gasteiger charge is -2.14. The minimum atomic E-state index is 0.565. The van der Waals surface area contributed by atoms with Gasteiger partial charge in [0.1, 0.15) is 0 Å². The van der Waals surface area contributed by atoms with Gasteiger partial charge in [-0.25, -0.2) is 19.9 Å². The summed E-state index contributed by atoms with van der Waals surface area (Å²) < 4.78 is 0. The van der Waals surface area contributed by atoms with Crippen molar-refractivity contribution in [3.8, 4) is 112 Å². The van der Waals surface area contributed by atoms with Gasteiger partial charge in [0.05, 0.1) is 22.8 Å². The Morgan fingerprint density at radius 2 is 0.439 bits per heavy atom. The molecule has 0 unspecified atom stereocenters. The topological polar surface area (TPSA) is 129 Å². The second-order valence-electron chi connectivity index (χ2n) is 15.5. The predicted octanol–water partition coefficient (Wildman–Crippen LogP) is 12.3. The van der Waals surface area contributed by atoms with Gasteiger partial charge in [-0.05, 0) is 119 Å². The monoisotopic (exact) mass is 848 g/mol. The van der Waals surface area contributed by atoms with Gasteiger partial charge in [0.2, 0.25) is 0 Å². The van der Waals surface area contributed by atoms with Crippen LogP contribution in [-0.4, -0.2) is 49.8 Å². The molecular formula is C56H36N10. The second-order valence-corrected chi connectivity index (χ2v) is 15.5. The minimum absolute atomic E-state index is 0.565. The molecule has 8 heterocycles. The summed E-state index contributed by atoms with van der Waals surface area (Å²) in [5.41, 5.74) is 16.4. The van der Waals surface area contributed by atoms with E-state index in [1.807, 2.05) is 85.5 Å². The van der Waals surface area contributed by atoms with Crippen LogP contribution >= 0.6 is 0 Å². The molecule has 0 bridgehead atoms. The Morgan fingerprint density at radius 3 is 0.697 bits per heavy atom. The van der Waals surface area contributed by atoms with Crippen LogP contribution in [0.5, 0.6) is 0 Å². The first kappa shape index (κ1) is 39.6. The van der Waals surface area contributed by atoms with E-state index in [-0.39, 0.29) is 0 Å². The van der Waals surface area contributed by atoms with E-state index in [4.69, 9.17) is 19.9 Å². The summed E-state index contributed by atoms with van der Waals surface area (Å²) in [6.45, 7) is 0. The highest BCUT2D eigenvalue weighted by atomic mass is 14.9. The molecule has 0 atom stereocenters.